The first-order valence-corrected chi connectivity index (χ1v) is 8.57. The fraction of sp³-hybridized carbons (Fsp3) is 0.474. The second kappa shape index (κ2) is 11.5. The summed E-state index contributed by atoms with van der Waals surface area (Å²) in [5.74, 6) is 1.11. The molecule has 6 nitrogen and oxygen atoms in total. The van der Waals surface area contributed by atoms with E-state index in [1.54, 1.807) is 18.2 Å². The first-order valence-electron chi connectivity index (χ1n) is 8.57. The van der Waals surface area contributed by atoms with Crippen LogP contribution in [-0.2, 0) is 4.79 Å². The average Bonchev–Trinajstić information content (AvgIpc) is 2.64. The molecule has 0 bridgehead atoms. The van der Waals surface area contributed by atoms with Gasteiger partial charge in [-0.3, -0.25) is 9.59 Å². The molecule has 144 valence electrons. The third-order valence-corrected chi connectivity index (χ3v) is 4.05. The molecule has 0 fully saturated rings. The molecule has 0 atom stereocenters. The standard InChI is InChI=1S/C19H26N2O4.ClH/c1-14(22)16-5-6-17(18(12-16)24-2)25-11-3-4-19(23)21-13-15-7-9-20-10-8-15;/h5-7,12,20H,3-4,8-11,13H2,1-2H3,(H,21,23);1H. The molecule has 1 aromatic rings. The molecule has 0 saturated heterocycles. The molecule has 2 N–H and O–H groups in total. The van der Waals surface area contributed by atoms with Crippen LogP contribution in [-0.4, -0.2) is 45.0 Å². The van der Waals surface area contributed by atoms with Gasteiger partial charge in [0.05, 0.1) is 13.7 Å². The van der Waals surface area contributed by atoms with Gasteiger partial charge in [0.15, 0.2) is 17.3 Å². The highest BCUT2D eigenvalue weighted by atomic mass is 35.5. The molecule has 0 radical (unpaired) electrons. The largest absolute Gasteiger partial charge is 0.493 e. The summed E-state index contributed by atoms with van der Waals surface area (Å²) in [4.78, 5) is 23.3. The number of carbonyl (C=O) groups excluding carboxylic acids is 2. The molecule has 1 aliphatic heterocycles. The van der Waals surface area contributed by atoms with E-state index in [-0.39, 0.29) is 24.1 Å². The number of amides is 1. The monoisotopic (exact) mass is 382 g/mol. The van der Waals surface area contributed by atoms with Crippen LogP contribution in [0.5, 0.6) is 11.5 Å². The van der Waals surface area contributed by atoms with Gasteiger partial charge in [-0.1, -0.05) is 11.6 Å². The molecule has 7 heteroatoms. The number of halogens is 1. The number of methoxy groups -OCH3 is 1. The van der Waals surface area contributed by atoms with E-state index in [4.69, 9.17) is 9.47 Å². The van der Waals surface area contributed by atoms with Gasteiger partial charge >= 0.3 is 0 Å². The summed E-state index contributed by atoms with van der Waals surface area (Å²) < 4.78 is 10.9. The maximum absolute atomic E-state index is 11.9. The van der Waals surface area contributed by atoms with Crippen LogP contribution in [0.1, 0.15) is 36.5 Å². The molecule has 1 heterocycles. The van der Waals surface area contributed by atoms with Gasteiger partial charge in [-0.25, -0.2) is 0 Å². The molecule has 2 rings (SSSR count). The third kappa shape index (κ3) is 7.06. The number of ether oxygens (including phenoxy) is 2. The summed E-state index contributed by atoms with van der Waals surface area (Å²) in [6, 6.07) is 5.09. The van der Waals surface area contributed by atoms with Gasteiger partial charge in [0.1, 0.15) is 0 Å². The lowest BCUT2D eigenvalue weighted by Crippen LogP contribution is -2.29. The fourth-order valence-electron chi connectivity index (χ4n) is 2.55. The lowest BCUT2D eigenvalue weighted by Gasteiger charge is -2.14. The van der Waals surface area contributed by atoms with Gasteiger partial charge in [0, 0.05) is 25.1 Å². The van der Waals surface area contributed by atoms with Crippen molar-refractivity contribution in [2.45, 2.75) is 26.2 Å². The minimum absolute atomic E-state index is 0. The number of hydrogen-bond acceptors (Lipinski definition) is 5. The van der Waals surface area contributed by atoms with E-state index in [1.807, 2.05) is 0 Å². The van der Waals surface area contributed by atoms with Crippen LogP contribution in [0, 0.1) is 0 Å². The Bertz CT molecular complexity index is 646. The minimum Gasteiger partial charge on any atom is -0.493 e. The first-order chi connectivity index (χ1) is 12.1. The van der Waals surface area contributed by atoms with Crippen LogP contribution in [0.15, 0.2) is 29.8 Å². The van der Waals surface area contributed by atoms with Crippen molar-refractivity contribution in [3.8, 4) is 11.5 Å². The van der Waals surface area contributed by atoms with Crippen molar-refractivity contribution in [2.24, 2.45) is 0 Å². The van der Waals surface area contributed by atoms with Crippen LogP contribution in [0.4, 0.5) is 0 Å². The molecular formula is C19H27ClN2O4. The predicted octanol–water partition coefficient (Wildman–Crippen LogP) is 2.51. The van der Waals surface area contributed by atoms with Gasteiger partial charge in [-0.15, -0.1) is 12.4 Å². The van der Waals surface area contributed by atoms with E-state index >= 15 is 0 Å². The zero-order chi connectivity index (χ0) is 18.1. The van der Waals surface area contributed by atoms with Crippen molar-refractivity contribution < 1.29 is 19.1 Å². The third-order valence-electron chi connectivity index (χ3n) is 4.05. The number of ketones is 1. The summed E-state index contributed by atoms with van der Waals surface area (Å²) in [5.41, 5.74) is 1.86. The summed E-state index contributed by atoms with van der Waals surface area (Å²) in [6.45, 7) is 4.40. The zero-order valence-electron chi connectivity index (χ0n) is 15.3. The van der Waals surface area contributed by atoms with Crippen molar-refractivity contribution in [1.82, 2.24) is 10.6 Å². The maximum atomic E-state index is 11.9. The molecule has 0 spiro atoms. The zero-order valence-corrected chi connectivity index (χ0v) is 16.1. The lowest BCUT2D eigenvalue weighted by molar-refractivity contribution is -0.121. The molecule has 0 aromatic heterocycles. The molecule has 1 aromatic carbocycles. The molecule has 0 saturated carbocycles. The first kappa shape index (κ1) is 22.0. The van der Waals surface area contributed by atoms with Crippen LogP contribution in [0.25, 0.3) is 0 Å². The Morgan fingerprint density at radius 1 is 1.27 bits per heavy atom. The lowest BCUT2D eigenvalue weighted by atomic mass is 10.1. The highest BCUT2D eigenvalue weighted by Crippen LogP contribution is 2.28. The molecule has 1 aliphatic rings. The predicted molar refractivity (Wildman–Crippen MR) is 104 cm³/mol. The minimum atomic E-state index is -0.0228. The Kier molecular flexibility index (Phi) is 9.76. The number of nitrogens with one attached hydrogen (secondary N) is 2. The van der Waals surface area contributed by atoms with Crippen LogP contribution < -0.4 is 20.1 Å². The van der Waals surface area contributed by atoms with Crippen LogP contribution >= 0.6 is 12.4 Å². The Hall–Kier alpha value is -2.05. The smallest absolute Gasteiger partial charge is 0.220 e. The second-order valence-electron chi connectivity index (χ2n) is 5.97. The van der Waals surface area contributed by atoms with Gasteiger partial charge in [-0.2, -0.15) is 0 Å². The highest BCUT2D eigenvalue weighted by molar-refractivity contribution is 5.94. The molecule has 26 heavy (non-hydrogen) atoms. The Balaban J connectivity index is 0.00000338. The maximum Gasteiger partial charge on any atom is 0.220 e. The van der Waals surface area contributed by atoms with E-state index in [1.165, 1.54) is 19.6 Å². The highest BCUT2D eigenvalue weighted by Gasteiger charge is 2.09. The van der Waals surface area contributed by atoms with E-state index in [9.17, 15) is 9.59 Å². The average molecular weight is 383 g/mol. The SMILES string of the molecule is COc1cc(C(C)=O)ccc1OCCCC(=O)NCC1=CCNCC1.Cl. The second-order valence-corrected chi connectivity index (χ2v) is 5.97. The van der Waals surface area contributed by atoms with Crippen LogP contribution in [0.3, 0.4) is 0 Å². The van der Waals surface area contributed by atoms with Crippen molar-refractivity contribution in [3.05, 3.63) is 35.4 Å². The van der Waals surface area contributed by atoms with Gasteiger partial charge in [0.25, 0.3) is 0 Å². The van der Waals surface area contributed by atoms with Crippen molar-refractivity contribution in [2.75, 3.05) is 33.4 Å². The van der Waals surface area contributed by atoms with Crippen molar-refractivity contribution in [1.29, 1.82) is 0 Å². The Morgan fingerprint density at radius 3 is 2.73 bits per heavy atom. The molecule has 0 unspecified atom stereocenters. The number of rotatable bonds is 9. The van der Waals surface area contributed by atoms with Gasteiger partial charge < -0.3 is 20.1 Å². The number of carbonyl (C=O) groups is 2. The Labute approximate surface area is 160 Å². The van der Waals surface area contributed by atoms with Crippen molar-refractivity contribution >= 4 is 24.1 Å². The van der Waals surface area contributed by atoms with E-state index in [0.29, 0.717) is 43.1 Å². The molecular weight excluding hydrogens is 356 g/mol. The number of benzene rings is 1. The van der Waals surface area contributed by atoms with Crippen LogP contribution in [0.2, 0.25) is 0 Å². The summed E-state index contributed by atoms with van der Waals surface area (Å²) in [5, 5.41) is 6.18. The normalized spacial score (nSPS) is 13.2. The summed E-state index contributed by atoms with van der Waals surface area (Å²) in [7, 11) is 1.54. The van der Waals surface area contributed by atoms with Gasteiger partial charge in [0.2, 0.25) is 5.91 Å². The van der Waals surface area contributed by atoms with E-state index in [2.05, 4.69) is 16.7 Å². The summed E-state index contributed by atoms with van der Waals surface area (Å²) in [6.07, 6.45) is 4.15. The van der Waals surface area contributed by atoms with E-state index in [0.717, 1.165) is 19.5 Å². The quantitative estimate of drug-likeness (QED) is 0.390. The summed E-state index contributed by atoms with van der Waals surface area (Å²) >= 11 is 0. The number of Topliss-reactive ketones (excluding diaryl/α,β-unsaturated/α-hetero) is 1. The topological polar surface area (TPSA) is 76.7 Å². The molecule has 1 amide bonds. The van der Waals surface area contributed by atoms with E-state index < -0.39 is 0 Å². The Morgan fingerprint density at radius 2 is 2.08 bits per heavy atom. The fourth-order valence-corrected chi connectivity index (χ4v) is 2.55. The molecule has 0 aliphatic carbocycles. The van der Waals surface area contributed by atoms with Crippen molar-refractivity contribution in [3.63, 3.8) is 0 Å². The van der Waals surface area contributed by atoms with Gasteiger partial charge in [-0.05, 0) is 44.5 Å². The number of hydrogen-bond donors (Lipinski definition) is 2.